The first kappa shape index (κ1) is 23.1. The number of aryl methyl sites for hydroxylation is 2. The van der Waals surface area contributed by atoms with Crippen molar-refractivity contribution in [1.82, 2.24) is 9.78 Å². The summed E-state index contributed by atoms with van der Waals surface area (Å²) in [5.41, 5.74) is 3.94. The third-order valence-corrected chi connectivity index (χ3v) is 5.12. The molecule has 8 heteroatoms. The van der Waals surface area contributed by atoms with Gasteiger partial charge in [-0.25, -0.2) is 9.48 Å². The lowest BCUT2D eigenvalue weighted by Gasteiger charge is -2.10. The number of amides is 1. The van der Waals surface area contributed by atoms with Crippen molar-refractivity contribution in [1.29, 1.82) is 0 Å². The summed E-state index contributed by atoms with van der Waals surface area (Å²) in [6.45, 7) is 4.05. The first-order valence-electron chi connectivity index (χ1n) is 9.93. The minimum atomic E-state index is -0.466. The topological polar surface area (TPSA) is 82.4 Å². The molecule has 1 aromatic heterocycles. The van der Waals surface area contributed by atoms with Gasteiger partial charge in [0.05, 0.1) is 19.3 Å². The molecule has 0 unspecified atom stereocenters. The lowest BCUT2D eigenvalue weighted by atomic mass is 10.2. The van der Waals surface area contributed by atoms with E-state index in [9.17, 15) is 9.59 Å². The maximum Gasteiger partial charge on any atom is 0.343 e. The Balaban J connectivity index is 1.65. The van der Waals surface area contributed by atoms with Gasteiger partial charge in [-0.05, 0) is 49.2 Å². The van der Waals surface area contributed by atoms with Crippen molar-refractivity contribution in [2.75, 3.05) is 19.0 Å². The van der Waals surface area contributed by atoms with Gasteiger partial charge in [-0.2, -0.15) is 5.10 Å². The zero-order chi connectivity index (χ0) is 23.1. The van der Waals surface area contributed by atoms with Gasteiger partial charge in [-0.3, -0.25) is 4.79 Å². The van der Waals surface area contributed by atoms with Crippen LogP contribution in [0.5, 0.6) is 5.75 Å². The summed E-state index contributed by atoms with van der Waals surface area (Å²) >= 11 is 6.50. The Hall–Kier alpha value is -3.58. The fraction of sp³-hybridized carbons (Fsp3) is 0.208. The molecule has 0 bridgehead atoms. The van der Waals surface area contributed by atoms with Gasteiger partial charge in [-0.15, -0.1) is 0 Å². The van der Waals surface area contributed by atoms with Crippen LogP contribution in [0, 0.1) is 13.8 Å². The normalized spacial score (nSPS) is 10.9. The van der Waals surface area contributed by atoms with E-state index in [0.29, 0.717) is 28.7 Å². The van der Waals surface area contributed by atoms with Crippen LogP contribution in [0.4, 0.5) is 5.69 Å². The van der Waals surface area contributed by atoms with Crippen molar-refractivity contribution in [3.63, 3.8) is 0 Å². The SMILES string of the molecule is COC(=O)COc1ccc(NC(=O)/C=C/c2c(C)nn(Cc3ccccc3)c2Cl)c(C)c1. The van der Waals surface area contributed by atoms with Crippen LogP contribution in [0.2, 0.25) is 5.15 Å². The van der Waals surface area contributed by atoms with E-state index in [2.05, 4.69) is 15.2 Å². The first-order chi connectivity index (χ1) is 15.4. The van der Waals surface area contributed by atoms with Crippen LogP contribution in [-0.4, -0.2) is 35.4 Å². The first-order valence-corrected chi connectivity index (χ1v) is 10.3. The molecular formula is C24H24ClN3O4. The number of nitrogens with one attached hydrogen (secondary N) is 1. The molecule has 0 saturated carbocycles. The van der Waals surface area contributed by atoms with Gasteiger partial charge < -0.3 is 14.8 Å². The second-order valence-corrected chi connectivity index (χ2v) is 7.46. The van der Waals surface area contributed by atoms with E-state index >= 15 is 0 Å². The van der Waals surface area contributed by atoms with E-state index in [-0.39, 0.29) is 12.5 Å². The highest BCUT2D eigenvalue weighted by atomic mass is 35.5. The lowest BCUT2D eigenvalue weighted by molar-refractivity contribution is -0.142. The minimum absolute atomic E-state index is 0.178. The second-order valence-electron chi connectivity index (χ2n) is 7.10. The van der Waals surface area contributed by atoms with Gasteiger partial charge in [-0.1, -0.05) is 41.9 Å². The Kier molecular flexibility index (Phi) is 7.68. The van der Waals surface area contributed by atoms with Crippen LogP contribution in [-0.2, 0) is 20.9 Å². The Morgan fingerprint density at radius 2 is 1.91 bits per heavy atom. The van der Waals surface area contributed by atoms with Gasteiger partial charge in [0.15, 0.2) is 6.61 Å². The molecule has 3 rings (SSSR count). The van der Waals surface area contributed by atoms with E-state index in [0.717, 1.165) is 16.8 Å². The Labute approximate surface area is 191 Å². The number of hydrogen-bond donors (Lipinski definition) is 1. The zero-order valence-corrected chi connectivity index (χ0v) is 18.8. The molecule has 0 saturated heterocycles. The largest absolute Gasteiger partial charge is 0.482 e. The smallest absolute Gasteiger partial charge is 0.343 e. The third-order valence-electron chi connectivity index (χ3n) is 4.73. The molecule has 2 aromatic carbocycles. The van der Waals surface area contributed by atoms with Crippen molar-refractivity contribution in [2.24, 2.45) is 0 Å². The number of ether oxygens (including phenoxy) is 2. The van der Waals surface area contributed by atoms with Crippen LogP contribution in [0.15, 0.2) is 54.6 Å². The van der Waals surface area contributed by atoms with Crippen molar-refractivity contribution < 1.29 is 19.1 Å². The van der Waals surface area contributed by atoms with Gasteiger partial charge in [0.1, 0.15) is 10.9 Å². The fourth-order valence-electron chi connectivity index (χ4n) is 3.02. The minimum Gasteiger partial charge on any atom is -0.482 e. The zero-order valence-electron chi connectivity index (χ0n) is 18.1. The molecule has 3 aromatic rings. The number of halogens is 1. The molecule has 32 heavy (non-hydrogen) atoms. The quantitative estimate of drug-likeness (QED) is 0.403. The van der Waals surface area contributed by atoms with E-state index in [4.69, 9.17) is 16.3 Å². The summed E-state index contributed by atoms with van der Waals surface area (Å²) in [5, 5.41) is 7.78. The van der Waals surface area contributed by atoms with Gasteiger partial charge in [0, 0.05) is 17.3 Å². The molecule has 0 aliphatic carbocycles. The number of nitrogens with zero attached hydrogens (tertiary/aromatic N) is 2. The Morgan fingerprint density at radius 1 is 1.16 bits per heavy atom. The summed E-state index contributed by atoms with van der Waals surface area (Å²) < 4.78 is 11.6. The van der Waals surface area contributed by atoms with Crippen LogP contribution < -0.4 is 10.1 Å². The molecule has 0 aliphatic heterocycles. The number of anilines is 1. The summed E-state index contributed by atoms with van der Waals surface area (Å²) in [5.74, 6) is -0.261. The van der Waals surface area contributed by atoms with Crippen molar-refractivity contribution in [3.8, 4) is 5.75 Å². The maximum atomic E-state index is 12.4. The van der Waals surface area contributed by atoms with Crippen LogP contribution in [0.25, 0.3) is 6.08 Å². The highest BCUT2D eigenvalue weighted by Crippen LogP contribution is 2.24. The van der Waals surface area contributed by atoms with Crippen LogP contribution in [0.3, 0.4) is 0 Å². The predicted octanol–water partition coefficient (Wildman–Crippen LogP) is 4.41. The fourth-order valence-corrected chi connectivity index (χ4v) is 3.32. The van der Waals surface area contributed by atoms with Gasteiger partial charge in [0.25, 0.3) is 0 Å². The average Bonchev–Trinajstić information content (AvgIpc) is 3.05. The maximum absolute atomic E-state index is 12.4. The standard InChI is InChI=1S/C24H24ClN3O4/c1-16-13-19(32-15-23(30)31-3)9-11-21(16)26-22(29)12-10-20-17(2)27-28(24(20)25)14-18-7-5-4-6-8-18/h4-13H,14-15H2,1-3H3,(H,26,29)/b12-10+. The molecule has 166 valence electrons. The number of hydrogen-bond acceptors (Lipinski definition) is 5. The molecule has 1 N–H and O–H groups in total. The van der Waals surface area contributed by atoms with Gasteiger partial charge >= 0.3 is 5.97 Å². The molecule has 0 fully saturated rings. The number of rotatable bonds is 8. The van der Waals surface area contributed by atoms with Gasteiger partial charge in [0.2, 0.25) is 5.91 Å². The Morgan fingerprint density at radius 3 is 2.59 bits per heavy atom. The number of aromatic nitrogens is 2. The predicted molar refractivity (Wildman–Crippen MR) is 124 cm³/mol. The molecule has 0 atom stereocenters. The number of benzene rings is 2. The number of carbonyl (C=O) groups excluding carboxylic acids is 2. The molecule has 1 amide bonds. The molecule has 0 spiro atoms. The van der Waals surface area contributed by atoms with E-state index in [1.54, 1.807) is 29.0 Å². The third kappa shape index (κ3) is 5.98. The molecule has 1 heterocycles. The van der Waals surface area contributed by atoms with Crippen molar-refractivity contribution >= 4 is 35.2 Å². The van der Waals surface area contributed by atoms with E-state index < -0.39 is 5.97 Å². The molecule has 0 aliphatic rings. The Bertz CT molecular complexity index is 1140. The molecule has 7 nitrogen and oxygen atoms in total. The summed E-state index contributed by atoms with van der Waals surface area (Å²) in [6.07, 6.45) is 3.08. The van der Waals surface area contributed by atoms with E-state index in [1.165, 1.54) is 13.2 Å². The highest BCUT2D eigenvalue weighted by molar-refractivity contribution is 6.31. The summed E-state index contributed by atoms with van der Waals surface area (Å²) in [6, 6.07) is 15.0. The highest BCUT2D eigenvalue weighted by Gasteiger charge is 2.12. The number of esters is 1. The number of carbonyl (C=O) groups is 2. The molecular weight excluding hydrogens is 430 g/mol. The molecule has 0 radical (unpaired) electrons. The van der Waals surface area contributed by atoms with Crippen molar-refractivity contribution in [2.45, 2.75) is 20.4 Å². The van der Waals surface area contributed by atoms with Crippen molar-refractivity contribution in [3.05, 3.63) is 82.1 Å². The number of methoxy groups -OCH3 is 1. The monoisotopic (exact) mass is 453 g/mol. The van der Waals surface area contributed by atoms with Crippen LogP contribution >= 0.6 is 11.6 Å². The summed E-state index contributed by atoms with van der Waals surface area (Å²) in [7, 11) is 1.30. The second kappa shape index (κ2) is 10.6. The lowest BCUT2D eigenvalue weighted by Crippen LogP contribution is -2.13. The van der Waals surface area contributed by atoms with E-state index in [1.807, 2.05) is 44.2 Å². The summed E-state index contributed by atoms with van der Waals surface area (Å²) in [4.78, 5) is 23.6. The van der Waals surface area contributed by atoms with Crippen LogP contribution in [0.1, 0.15) is 22.4 Å². The average molecular weight is 454 g/mol.